The molecule has 0 bridgehead atoms. The lowest BCUT2D eigenvalue weighted by molar-refractivity contribution is 0.0911. The van der Waals surface area contributed by atoms with E-state index in [4.69, 9.17) is 10.5 Å². The summed E-state index contributed by atoms with van der Waals surface area (Å²) < 4.78 is 31.2. The van der Waals surface area contributed by atoms with Crippen LogP contribution in [0.25, 0.3) is 0 Å². The molecule has 0 saturated carbocycles. The average molecular weight is 300 g/mol. The van der Waals surface area contributed by atoms with Crippen LogP contribution in [0.15, 0.2) is 30.3 Å². The Kier molecular flexibility index (Phi) is 7.15. The highest BCUT2D eigenvalue weighted by molar-refractivity contribution is 7.89. The molecule has 20 heavy (non-hydrogen) atoms. The number of hydrogen-bond donors (Lipinski definition) is 2. The summed E-state index contributed by atoms with van der Waals surface area (Å²) in [5, 5.41) is 0. The zero-order chi connectivity index (χ0) is 15.0. The molecule has 0 heterocycles. The number of nitrogens with two attached hydrogens (primary N) is 1. The number of sulfonamides is 1. The van der Waals surface area contributed by atoms with E-state index in [-0.39, 0.29) is 24.5 Å². The van der Waals surface area contributed by atoms with E-state index in [1.54, 1.807) is 0 Å². The van der Waals surface area contributed by atoms with Gasteiger partial charge in [0.2, 0.25) is 10.0 Å². The Morgan fingerprint density at radius 3 is 2.50 bits per heavy atom. The minimum Gasteiger partial charge on any atom is -0.378 e. The Labute approximate surface area is 121 Å². The standard InChI is InChI=1S/C14H24N2O3S/c1-12(2)19-10-11-20(17,18)16-9-8-14(15)13-6-4-3-5-7-13/h3-7,12,14,16H,8-11,15H2,1-2H3. The van der Waals surface area contributed by atoms with Crippen LogP contribution in [0.3, 0.4) is 0 Å². The summed E-state index contributed by atoms with van der Waals surface area (Å²) in [6.07, 6.45) is 0.602. The molecule has 5 nitrogen and oxygen atoms in total. The first-order chi connectivity index (χ1) is 9.41. The van der Waals surface area contributed by atoms with Gasteiger partial charge in [0.25, 0.3) is 0 Å². The molecule has 1 atom stereocenters. The quantitative estimate of drug-likeness (QED) is 0.722. The second-order valence-corrected chi connectivity index (χ2v) is 6.87. The van der Waals surface area contributed by atoms with Gasteiger partial charge in [-0.25, -0.2) is 13.1 Å². The van der Waals surface area contributed by atoms with Crippen LogP contribution < -0.4 is 10.5 Å². The molecule has 0 aliphatic rings. The Morgan fingerprint density at radius 2 is 1.90 bits per heavy atom. The molecule has 0 aliphatic carbocycles. The van der Waals surface area contributed by atoms with Gasteiger partial charge < -0.3 is 10.5 Å². The van der Waals surface area contributed by atoms with Crippen molar-refractivity contribution < 1.29 is 13.2 Å². The lowest BCUT2D eigenvalue weighted by Crippen LogP contribution is -2.31. The van der Waals surface area contributed by atoms with E-state index < -0.39 is 10.0 Å². The van der Waals surface area contributed by atoms with E-state index in [1.165, 1.54) is 0 Å². The first kappa shape index (κ1) is 17.1. The molecule has 1 unspecified atom stereocenters. The highest BCUT2D eigenvalue weighted by atomic mass is 32.2. The molecule has 0 amide bonds. The van der Waals surface area contributed by atoms with Crippen LogP contribution in [0.5, 0.6) is 0 Å². The maximum atomic E-state index is 11.7. The van der Waals surface area contributed by atoms with Gasteiger partial charge in [-0.15, -0.1) is 0 Å². The van der Waals surface area contributed by atoms with Gasteiger partial charge in [0.1, 0.15) is 0 Å². The molecule has 114 valence electrons. The monoisotopic (exact) mass is 300 g/mol. The van der Waals surface area contributed by atoms with Gasteiger partial charge in [0, 0.05) is 12.6 Å². The first-order valence-corrected chi connectivity index (χ1v) is 8.45. The van der Waals surface area contributed by atoms with Gasteiger partial charge in [-0.2, -0.15) is 0 Å². The van der Waals surface area contributed by atoms with E-state index in [2.05, 4.69) is 4.72 Å². The van der Waals surface area contributed by atoms with Gasteiger partial charge in [0.05, 0.1) is 18.5 Å². The van der Waals surface area contributed by atoms with Crippen LogP contribution in [0.2, 0.25) is 0 Å². The summed E-state index contributed by atoms with van der Waals surface area (Å²) in [7, 11) is -3.29. The number of hydrogen-bond acceptors (Lipinski definition) is 4. The van der Waals surface area contributed by atoms with E-state index in [1.807, 2.05) is 44.2 Å². The molecule has 3 N–H and O–H groups in total. The third kappa shape index (κ3) is 7.00. The topological polar surface area (TPSA) is 81.4 Å². The SMILES string of the molecule is CC(C)OCCS(=O)(=O)NCCC(N)c1ccccc1. The molecule has 0 spiro atoms. The minimum atomic E-state index is -3.29. The summed E-state index contributed by atoms with van der Waals surface area (Å²) in [6, 6.07) is 9.48. The average Bonchev–Trinajstić information content (AvgIpc) is 2.38. The molecular formula is C14H24N2O3S. The van der Waals surface area contributed by atoms with Crippen molar-refractivity contribution in [2.24, 2.45) is 5.73 Å². The second-order valence-electron chi connectivity index (χ2n) is 4.94. The maximum Gasteiger partial charge on any atom is 0.213 e. The summed E-state index contributed by atoms with van der Waals surface area (Å²) in [5.41, 5.74) is 7.01. The van der Waals surface area contributed by atoms with Crippen molar-refractivity contribution in [2.45, 2.75) is 32.4 Å². The van der Waals surface area contributed by atoms with Gasteiger partial charge >= 0.3 is 0 Å². The zero-order valence-electron chi connectivity index (χ0n) is 12.1. The summed E-state index contributed by atoms with van der Waals surface area (Å²) in [5.74, 6) is -0.0221. The van der Waals surface area contributed by atoms with Crippen molar-refractivity contribution in [3.05, 3.63) is 35.9 Å². The van der Waals surface area contributed by atoms with Crippen LogP contribution in [-0.4, -0.2) is 33.4 Å². The molecule has 1 aromatic carbocycles. The molecule has 0 aliphatic heterocycles. The van der Waals surface area contributed by atoms with Crippen molar-refractivity contribution in [3.8, 4) is 0 Å². The van der Waals surface area contributed by atoms with Crippen molar-refractivity contribution >= 4 is 10.0 Å². The van der Waals surface area contributed by atoms with E-state index >= 15 is 0 Å². The first-order valence-electron chi connectivity index (χ1n) is 6.80. The van der Waals surface area contributed by atoms with Crippen LogP contribution in [0, 0.1) is 0 Å². The van der Waals surface area contributed by atoms with Crippen LogP contribution >= 0.6 is 0 Å². The molecule has 0 radical (unpaired) electrons. The fourth-order valence-electron chi connectivity index (χ4n) is 1.70. The van der Waals surface area contributed by atoms with E-state index in [0.717, 1.165) is 5.56 Å². The minimum absolute atomic E-state index is 0.0221. The molecular weight excluding hydrogens is 276 g/mol. The van der Waals surface area contributed by atoms with Gasteiger partial charge in [0.15, 0.2) is 0 Å². The third-order valence-corrected chi connectivity index (χ3v) is 4.16. The van der Waals surface area contributed by atoms with Crippen LogP contribution in [-0.2, 0) is 14.8 Å². The Balaban J connectivity index is 2.29. The molecule has 6 heteroatoms. The van der Waals surface area contributed by atoms with Crippen molar-refractivity contribution in [3.63, 3.8) is 0 Å². The number of nitrogens with one attached hydrogen (secondary N) is 1. The fourth-order valence-corrected chi connectivity index (χ4v) is 2.59. The predicted octanol–water partition coefficient (Wildman–Crippen LogP) is 1.42. The highest BCUT2D eigenvalue weighted by Gasteiger charge is 2.12. The molecule has 0 saturated heterocycles. The smallest absolute Gasteiger partial charge is 0.213 e. The van der Waals surface area contributed by atoms with Crippen LogP contribution in [0.4, 0.5) is 0 Å². The Hall–Kier alpha value is -0.950. The summed E-state index contributed by atoms with van der Waals surface area (Å²) in [4.78, 5) is 0. The fraction of sp³-hybridized carbons (Fsp3) is 0.571. The number of benzene rings is 1. The molecule has 0 fully saturated rings. The normalized spacial score (nSPS) is 13.6. The van der Waals surface area contributed by atoms with Crippen molar-refractivity contribution in [1.29, 1.82) is 0 Å². The lowest BCUT2D eigenvalue weighted by Gasteiger charge is -2.13. The molecule has 0 aromatic heterocycles. The van der Waals surface area contributed by atoms with Gasteiger partial charge in [-0.3, -0.25) is 0 Å². The Bertz CT molecular complexity index is 474. The van der Waals surface area contributed by atoms with Gasteiger partial charge in [-0.1, -0.05) is 30.3 Å². The van der Waals surface area contributed by atoms with Gasteiger partial charge in [-0.05, 0) is 25.8 Å². The van der Waals surface area contributed by atoms with Crippen LogP contribution in [0.1, 0.15) is 31.9 Å². The summed E-state index contributed by atoms with van der Waals surface area (Å²) >= 11 is 0. The number of rotatable bonds is 9. The lowest BCUT2D eigenvalue weighted by atomic mass is 10.1. The third-order valence-electron chi connectivity index (χ3n) is 2.81. The Morgan fingerprint density at radius 1 is 1.25 bits per heavy atom. The van der Waals surface area contributed by atoms with E-state index in [9.17, 15) is 8.42 Å². The highest BCUT2D eigenvalue weighted by Crippen LogP contribution is 2.12. The zero-order valence-corrected chi connectivity index (χ0v) is 12.9. The van der Waals surface area contributed by atoms with Crippen molar-refractivity contribution in [2.75, 3.05) is 18.9 Å². The maximum absolute atomic E-state index is 11.7. The largest absolute Gasteiger partial charge is 0.378 e. The predicted molar refractivity (Wildman–Crippen MR) is 80.9 cm³/mol. The van der Waals surface area contributed by atoms with Crippen molar-refractivity contribution in [1.82, 2.24) is 4.72 Å². The molecule has 1 rings (SSSR count). The molecule has 1 aromatic rings. The number of ether oxygens (including phenoxy) is 1. The second kappa shape index (κ2) is 8.36. The van der Waals surface area contributed by atoms with E-state index in [0.29, 0.717) is 13.0 Å². The summed E-state index contributed by atoms with van der Waals surface area (Å²) in [6.45, 7) is 4.29.